The minimum atomic E-state index is -4.13. The molecule has 3 saturated carbocycles. The van der Waals surface area contributed by atoms with Crippen molar-refractivity contribution in [3.8, 4) is 0 Å². The lowest BCUT2D eigenvalue weighted by atomic mass is 9.78. The van der Waals surface area contributed by atoms with Crippen molar-refractivity contribution in [2.24, 2.45) is 17.8 Å². The Labute approximate surface area is 399 Å². The number of para-hydroxylation sites is 2. The Balaban J connectivity index is 0.000000323. The van der Waals surface area contributed by atoms with Crippen LogP contribution in [0, 0.1) is 38.0 Å². The Morgan fingerprint density at radius 2 is 0.897 bits per heavy atom. The molecule has 380 valence electrons. The van der Waals surface area contributed by atoms with E-state index in [0.717, 1.165) is 18.9 Å². The van der Waals surface area contributed by atoms with E-state index in [4.69, 9.17) is 14.2 Å². The van der Waals surface area contributed by atoms with E-state index in [1.165, 1.54) is 46.8 Å². The molecule has 0 unspecified atom stereocenters. The molecule has 3 amide bonds. The second-order valence-corrected chi connectivity index (χ2v) is 24.3. The van der Waals surface area contributed by atoms with Crippen molar-refractivity contribution in [1.29, 1.82) is 0 Å². The van der Waals surface area contributed by atoms with Crippen molar-refractivity contribution in [1.82, 2.24) is 25.0 Å². The molecule has 0 atom stereocenters. The minimum Gasteiger partial charge on any atom is -0.444 e. The number of benzene rings is 2. The van der Waals surface area contributed by atoms with Gasteiger partial charge in [0.25, 0.3) is 11.4 Å². The van der Waals surface area contributed by atoms with Crippen LogP contribution in [-0.4, -0.2) is 104 Å². The molecule has 3 aliphatic carbocycles. The maximum atomic E-state index is 13.7. The fourth-order valence-corrected chi connectivity index (χ4v) is 10.8. The van der Waals surface area contributed by atoms with E-state index in [9.17, 15) is 51.4 Å². The number of carbonyl (C=O) groups excluding carboxylic acids is 3. The van der Waals surface area contributed by atoms with Crippen molar-refractivity contribution in [3.63, 3.8) is 0 Å². The molecule has 23 heteroatoms. The number of ether oxygens (including phenoxy) is 3. The van der Waals surface area contributed by atoms with Gasteiger partial charge in [-0.1, -0.05) is 24.3 Å². The zero-order chi connectivity index (χ0) is 50.8. The summed E-state index contributed by atoms with van der Waals surface area (Å²) in [6.45, 7) is 16.7. The van der Waals surface area contributed by atoms with E-state index in [0.29, 0.717) is 44.9 Å². The molecule has 0 radical (unpaired) electrons. The summed E-state index contributed by atoms with van der Waals surface area (Å²) in [5.41, 5.74) is -2.63. The second-order valence-electron chi connectivity index (χ2n) is 20.7. The summed E-state index contributed by atoms with van der Waals surface area (Å²) in [5, 5.41) is 31.0. The van der Waals surface area contributed by atoms with E-state index >= 15 is 0 Å². The monoisotopic (exact) mass is 995 g/mol. The van der Waals surface area contributed by atoms with Crippen LogP contribution in [0.5, 0.6) is 0 Å². The van der Waals surface area contributed by atoms with Gasteiger partial charge in [0, 0.05) is 49.9 Å². The van der Waals surface area contributed by atoms with Gasteiger partial charge in [-0.2, -0.15) is 4.31 Å². The maximum absolute atomic E-state index is 13.7. The maximum Gasteiger partial charge on any atom is 0.407 e. The summed E-state index contributed by atoms with van der Waals surface area (Å²) in [7, 11) is -8.08. The third kappa shape index (κ3) is 17.7. The average Bonchev–Trinajstić information content (AvgIpc) is 3.15. The van der Waals surface area contributed by atoms with Gasteiger partial charge in [-0.05, 0) is 150 Å². The standard InChI is InChI=1S/C28H44N4O8S.C17H25N3O6S/c1-27(2,3)39-25(33)29-21-15-19(16-21)11-13-31(41(37,38)24-10-8-7-9-23(24)32(35)36)14-12-20-17-22(18-20)30-26(34)40-28(4,5)6;1-17(2,3)26-16(21)19-13-10-12(11-13)8-9-18-27(24,25)15-7-5-4-6-14(15)20(22)23/h7-10,19-22H,11-18H2,1-6H3,(H,29,33)(H,30,34);4-7,12-13,18H,8-11H2,1-3H3,(H,19,21). The van der Waals surface area contributed by atoms with Crippen LogP contribution in [0.2, 0.25) is 0 Å². The number of rotatable bonds is 18. The smallest absolute Gasteiger partial charge is 0.407 e. The lowest BCUT2D eigenvalue weighted by Crippen LogP contribution is -2.47. The van der Waals surface area contributed by atoms with Crippen molar-refractivity contribution in [2.45, 2.75) is 165 Å². The van der Waals surface area contributed by atoms with Gasteiger partial charge >= 0.3 is 18.3 Å². The number of nitrogens with zero attached hydrogens (tertiary/aromatic N) is 3. The highest BCUT2D eigenvalue weighted by Crippen LogP contribution is 2.36. The number of alkyl carbamates (subject to hydrolysis) is 3. The second kappa shape index (κ2) is 23.0. The fourth-order valence-electron chi connectivity index (χ4n) is 7.97. The molecule has 0 saturated heterocycles. The quantitative estimate of drug-likeness (QED) is 0.0638. The topological polar surface area (TPSA) is 285 Å². The number of sulfonamides is 2. The molecule has 21 nitrogen and oxygen atoms in total. The number of hydrogen-bond donors (Lipinski definition) is 4. The molecule has 0 aliphatic heterocycles. The molecule has 2 aromatic carbocycles. The molecule has 0 heterocycles. The SMILES string of the molecule is CC(C)(C)OC(=O)NC1CC(CCN(CCC2CC(NC(=O)OC(C)(C)C)C2)S(=O)(=O)c2ccccc2[N+](=O)[O-])C1.CC(C)(C)OC(=O)NC1CC(CCNS(=O)(=O)c2ccccc2[N+](=O)[O-])C1. The van der Waals surface area contributed by atoms with Crippen LogP contribution in [-0.2, 0) is 34.3 Å². The Morgan fingerprint density at radius 3 is 1.25 bits per heavy atom. The summed E-state index contributed by atoms with van der Waals surface area (Å²) in [6.07, 6.45) is 4.65. The average molecular weight is 996 g/mol. The van der Waals surface area contributed by atoms with E-state index < -0.39 is 76.4 Å². The van der Waals surface area contributed by atoms with E-state index in [1.807, 2.05) is 0 Å². The zero-order valence-corrected chi connectivity index (χ0v) is 42.1. The molecular weight excluding hydrogens is 927 g/mol. The summed E-state index contributed by atoms with van der Waals surface area (Å²) in [4.78, 5) is 56.3. The predicted octanol–water partition coefficient (Wildman–Crippen LogP) is 7.54. The molecule has 0 aromatic heterocycles. The minimum absolute atomic E-state index is 0.0247. The van der Waals surface area contributed by atoms with Gasteiger partial charge in [-0.25, -0.2) is 35.9 Å². The summed E-state index contributed by atoms with van der Waals surface area (Å²) in [6, 6.07) is 10.6. The third-order valence-corrected chi connectivity index (χ3v) is 14.8. The molecular formula is C45H69N7O14S2. The summed E-state index contributed by atoms with van der Waals surface area (Å²) < 4.78 is 71.5. The van der Waals surface area contributed by atoms with Gasteiger partial charge in [-0.15, -0.1) is 0 Å². The molecule has 0 spiro atoms. The van der Waals surface area contributed by atoms with Crippen molar-refractivity contribution in [2.75, 3.05) is 19.6 Å². The highest BCUT2D eigenvalue weighted by atomic mass is 32.2. The van der Waals surface area contributed by atoms with Crippen LogP contribution in [0.3, 0.4) is 0 Å². The first-order valence-corrected chi connectivity index (χ1v) is 25.8. The fraction of sp³-hybridized carbons (Fsp3) is 0.667. The van der Waals surface area contributed by atoms with Crippen LogP contribution in [0.4, 0.5) is 25.8 Å². The van der Waals surface area contributed by atoms with Crippen molar-refractivity contribution in [3.05, 3.63) is 68.8 Å². The van der Waals surface area contributed by atoms with E-state index in [-0.39, 0.29) is 65.3 Å². The highest BCUT2D eigenvalue weighted by molar-refractivity contribution is 7.89. The number of amides is 3. The number of nitrogens with one attached hydrogen (secondary N) is 4. The number of nitro benzene ring substituents is 2. The number of carbonyl (C=O) groups is 3. The first kappa shape index (κ1) is 55.5. The first-order valence-electron chi connectivity index (χ1n) is 22.9. The zero-order valence-electron chi connectivity index (χ0n) is 40.4. The van der Waals surface area contributed by atoms with Gasteiger partial charge < -0.3 is 30.2 Å². The molecule has 4 N–H and O–H groups in total. The molecule has 0 bridgehead atoms. The summed E-state index contributed by atoms with van der Waals surface area (Å²) >= 11 is 0. The largest absolute Gasteiger partial charge is 0.444 e. The predicted molar refractivity (Wildman–Crippen MR) is 252 cm³/mol. The van der Waals surface area contributed by atoms with Crippen LogP contribution >= 0.6 is 0 Å². The van der Waals surface area contributed by atoms with E-state index in [2.05, 4.69) is 20.7 Å². The normalized spacial score (nSPS) is 21.6. The van der Waals surface area contributed by atoms with Gasteiger partial charge in [0.05, 0.1) is 9.85 Å². The molecule has 2 aromatic rings. The lowest BCUT2D eigenvalue weighted by Gasteiger charge is -2.38. The highest BCUT2D eigenvalue weighted by Gasteiger charge is 2.38. The van der Waals surface area contributed by atoms with Crippen LogP contribution in [0.25, 0.3) is 0 Å². The van der Waals surface area contributed by atoms with Crippen LogP contribution in [0.1, 0.15) is 120 Å². The van der Waals surface area contributed by atoms with Crippen molar-refractivity contribution < 1.29 is 55.3 Å². The Bertz CT molecular complexity index is 2260. The molecule has 5 rings (SSSR count). The Morgan fingerprint density at radius 1 is 0.574 bits per heavy atom. The lowest BCUT2D eigenvalue weighted by molar-refractivity contribution is -0.388. The van der Waals surface area contributed by atoms with Crippen LogP contribution < -0.4 is 20.7 Å². The molecule has 3 aliphatic rings. The van der Waals surface area contributed by atoms with E-state index in [1.54, 1.807) is 62.3 Å². The van der Waals surface area contributed by atoms with Gasteiger partial charge in [0.15, 0.2) is 9.79 Å². The third-order valence-electron chi connectivity index (χ3n) is 11.3. The Kier molecular flexibility index (Phi) is 18.7. The first-order chi connectivity index (χ1) is 31.4. The molecule has 68 heavy (non-hydrogen) atoms. The molecule has 3 fully saturated rings. The van der Waals surface area contributed by atoms with Gasteiger partial charge in [0.2, 0.25) is 20.0 Å². The van der Waals surface area contributed by atoms with Gasteiger partial charge in [0.1, 0.15) is 16.8 Å². The number of hydrogen-bond acceptors (Lipinski definition) is 14. The van der Waals surface area contributed by atoms with Crippen molar-refractivity contribution >= 4 is 49.7 Å². The van der Waals surface area contributed by atoms with Gasteiger partial charge in [-0.3, -0.25) is 20.2 Å². The number of nitro groups is 2. The Hall–Kier alpha value is -5.13. The summed E-state index contributed by atoms with van der Waals surface area (Å²) in [5.74, 6) is 0.701. The van der Waals surface area contributed by atoms with Crippen LogP contribution in [0.15, 0.2) is 58.3 Å².